The SMILES string of the molecule is N[C@@H](C[C@@H](C/C=C/c1cccc2ccccc12)C(=O)O)C(=O)O. The lowest BCUT2D eigenvalue weighted by molar-refractivity contribution is -0.143. The number of nitrogens with two attached hydrogens (primary N) is 1. The largest absolute Gasteiger partial charge is 0.481 e. The molecule has 0 saturated carbocycles. The highest BCUT2D eigenvalue weighted by Gasteiger charge is 2.23. The molecule has 0 radical (unpaired) electrons. The number of hydrogen-bond donors (Lipinski definition) is 3. The van der Waals surface area contributed by atoms with Crippen molar-refractivity contribution in [3.8, 4) is 0 Å². The molecule has 0 amide bonds. The van der Waals surface area contributed by atoms with E-state index in [-0.39, 0.29) is 12.8 Å². The number of carbonyl (C=O) groups is 2. The van der Waals surface area contributed by atoms with Crippen LogP contribution in [0.2, 0.25) is 0 Å². The Morgan fingerprint density at radius 1 is 1.04 bits per heavy atom. The number of fused-ring (bicyclic) bond motifs is 1. The zero-order chi connectivity index (χ0) is 16.8. The number of carboxylic acid groups (broad SMARTS) is 2. The number of rotatable bonds is 7. The maximum absolute atomic E-state index is 11.2. The summed E-state index contributed by atoms with van der Waals surface area (Å²) in [5.41, 5.74) is 6.42. The van der Waals surface area contributed by atoms with Crippen LogP contribution in [0.25, 0.3) is 16.8 Å². The van der Waals surface area contributed by atoms with E-state index in [9.17, 15) is 14.7 Å². The molecule has 2 atom stereocenters. The molecule has 4 N–H and O–H groups in total. The van der Waals surface area contributed by atoms with Gasteiger partial charge in [-0.1, -0.05) is 54.6 Å². The van der Waals surface area contributed by atoms with Crippen LogP contribution in [-0.2, 0) is 9.59 Å². The van der Waals surface area contributed by atoms with E-state index in [1.165, 1.54) is 0 Å². The molecule has 0 aliphatic heterocycles. The molecular weight excluding hydrogens is 294 g/mol. The molecule has 0 fully saturated rings. The first kappa shape index (κ1) is 16.7. The Balaban J connectivity index is 2.11. The average Bonchev–Trinajstić information content (AvgIpc) is 2.53. The molecule has 0 aliphatic rings. The van der Waals surface area contributed by atoms with Gasteiger partial charge in [0.1, 0.15) is 6.04 Å². The van der Waals surface area contributed by atoms with Gasteiger partial charge in [0.15, 0.2) is 0 Å². The molecule has 23 heavy (non-hydrogen) atoms. The Labute approximate surface area is 134 Å². The lowest BCUT2D eigenvalue weighted by Gasteiger charge is -2.12. The molecule has 2 aromatic rings. The van der Waals surface area contributed by atoms with Crippen LogP contribution in [0.3, 0.4) is 0 Å². The smallest absolute Gasteiger partial charge is 0.320 e. The summed E-state index contributed by atoms with van der Waals surface area (Å²) in [6.07, 6.45) is 3.77. The van der Waals surface area contributed by atoms with Crippen molar-refractivity contribution in [1.29, 1.82) is 0 Å². The lowest BCUT2D eigenvalue weighted by Crippen LogP contribution is -2.34. The highest BCUT2D eigenvalue weighted by atomic mass is 16.4. The summed E-state index contributed by atoms with van der Waals surface area (Å²) in [4.78, 5) is 22.0. The van der Waals surface area contributed by atoms with Crippen LogP contribution in [0.4, 0.5) is 0 Å². The molecule has 0 heterocycles. The Morgan fingerprint density at radius 3 is 2.43 bits per heavy atom. The van der Waals surface area contributed by atoms with Crippen LogP contribution in [0.15, 0.2) is 48.5 Å². The molecule has 0 unspecified atom stereocenters. The Hall–Kier alpha value is -2.66. The fourth-order valence-electron chi connectivity index (χ4n) is 2.46. The van der Waals surface area contributed by atoms with Crippen molar-refractivity contribution in [2.45, 2.75) is 18.9 Å². The van der Waals surface area contributed by atoms with E-state index >= 15 is 0 Å². The van der Waals surface area contributed by atoms with Crippen LogP contribution in [0.5, 0.6) is 0 Å². The number of benzene rings is 2. The minimum atomic E-state index is -1.19. The molecule has 2 rings (SSSR count). The van der Waals surface area contributed by atoms with E-state index in [4.69, 9.17) is 10.8 Å². The maximum Gasteiger partial charge on any atom is 0.320 e. The summed E-state index contributed by atoms with van der Waals surface area (Å²) in [6, 6.07) is 12.7. The highest BCUT2D eigenvalue weighted by Crippen LogP contribution is 2.21. The summed E-state index contributed by atoms with van der Waals surface area (Å²) in [7, 11) is 0. The normalized spacial score (nSPS) is 14.0. The van der Waals surface area contributed by atoms with Gasteiger partial charge in [0.2, 0.25) is 0 Å². The van der Waals surface area contributed by atoms with Gasteiger partial charge in [-0.25, -0.2) is 0 Å². The molecule has 2 aromatic carbocycles. The fourth-order valence-corrected chi connectivity index (χ4v) is 2.46. The highest BCUT2D eigenvalue weighted by molar-refractivity contribution is 5.90. The topological polar surface area (TPSA) is 101 Å². The fraction of sp³-hybridized carbons (Fsp3) is 0.222. The molecular formula is C18H19NO4. The number of hydrogen-bond acceptors (Lipinski definition) is 3. The van der Waals surface area contributed by atoms with Crippen LogP contribution in [-0.4, -0.2) is 28.2 Å². The summed E-state index contributed by atoms with van der Waals surface area (Å²) in [6.45, 7) is 0. The van der Waals surface area contributed by atoms with E-state index in [1.807, 2.05) is 48.5 Å². The first-order valence-corrected chi connectivity index (χ1v) is 7.34. The van der Waals surface area contributed by atoms with Gasteiger partial charge in [-0.05, 0) is 29.2 Å². The third-order valence-corrected chi connectivity index (χ3v) is 3.75. The van der Waals surface area contributed by atoms with E-state index in [2.05, 4.69) is 0 Å². The van der Waals surface area contributed by atoms with E-state index in [0.717, 1.165) is 16.3 Å². The molecule has 0 aliphatic carbocycles. The molecule has 5 nitrogen and oxygen atoms in total. The van der Waals surface area contributed by atoms with E-state index in [1.54, 1.807) is 6.08 Å². The van der Waals surface area contributed by atoms with Gasteiger partial charge < -0.3 is 15.9 Å². The minimum Gasteiger partial charge on any atom is -0.481 e. The van der Waals surface area contributed by atoms with Crippen molar-refractivity contribution in [2.75, 3.05) is 0 Å². The lowest BCUT2D eigenvalue weighted by atomic mass is 9.96. The molecule has 5 heteroatoms. The first-order valence-electron chi connectivity index (χ1n) is 7.34. The van der Waals surface area contributed by atoms with Crippen molar-refractivity contribution in [3.63, 3.8) is 0 Å². The average molecular weight is 313 g/mol. The molecule has 0 spiro atoms. The Bertz CT molecular complexity index is 733. The van der Waals surface area contributed by atoms with Crippen molar-refractivity contribution in [1.82, 2.24) is 0 Å². The zero-order valence-corrected chi connectivity index (χ0v) is 12.6. The van der Waals surface area contributed by atoms with Crippen molar-refractivity contribution in [3.05, 3.63) is 54.1 Å². The zero-order valence-electron chi connectivity index (χ0n) is 12.6. The summed E-state index contributed by atoms with van der Waals surface area (Å²) in [5.74, 6) is -3.04. The maximum atomic E-state index is 11.2. The van der Waals surface area contributed by atoms with Gasteiger partial charge in [0.05, 0.1) is 5.92 Å². The number of carboxylic acids is 2. The standard InChI is InChI=1S/C18H19NO4/c19-16(18(22)23)11-14(17(20)21)9-4-8-13-7-3-6-12-5-1-2-10-15(12)13/h1-8,10,14,16H,9,11,19H2,(H,20,21)(H,22,23)/b8-4+/t14-,16+/m1/s1. The minimum absolute atomic E-state index is 0.0927. The predicted octanol–water partition coefficient (Wildman–Crippen LogP) is 2.75. The van der Waals surface area contributed by atoms with Gasteiger partial charge in [-0.2, -0.15) is 0 Å². The van der Waals surface area contributed by atoms with Gasteiger partial charge >= 0.3 is 11.9 Å². The third-order valence-electron chi connectivity index (χ3n) is 3.75. The van der Waals surface area contributed by atoms with Crippen LogP contribution >= 0.6 is 0 Å². The van der Waals surface area contributed by atoms with Gasteiger partial charge in [0, 0.05) is 0 Å². The van der Waals surface area contributed by atoms with Crippen LogP contribution < -0.4 is 5.73 Å². The van der Waals surface area contributed by atoms with Crippen LogP contribution in [0.1, 0.15) is 18.4 Å². The van der Waals surface area contributed by atoms with E-state index in [0.29, 0.717) is 0 Å². The van der Waals surface area contributed by atoms with Crippen molar-refractivity contribution < 1.29 is 19.8 Å². The third kappa shape index (κ3) is 4.40. The second-order valence-corrected chi connectivity index (χ2v) is 5.42. The quantitative estimate of drug-likeness (QED) is 0.729. The molecule has 0 bridgehead atoms. The molecule has 120 valence electrons. The van der Waals surface area contributed by atoms with Gasteiger partial charge in [-0.3, -0.25) is 9.59 Å². The van der Waals surface area contributed by atoms with Gasteiger partial charge in [-0.15, -0.1) is 0 Å². The summed E-state index contributed by atoms with van der Waals surface area (Å²) in [5, 5.41) is 20.2. The summed E-state index contributed by atoms with van der Waals surface area (Å²) >= 11 is 0. The van der Waals surface area contributed by atoms with E-state index < -0.39 is 23.9 Å². The second-order valence-electron chi connectivity index (χ2n) is 5.42. The molecule has 0 saturated heterocycles. The second kappa shape index (κ2) is 7.56. The number of allylic oxidation sites excluding steroid dienone is 1. The Morgan fingerprint density at radius 2 is 1.74 bits per heavy atom. The predicted molar refractivity (Wildman–Crippen MR) is 89.0 cm³/mol. The van der Waals surface area contributed by atoms with Crippen molar-refractivity contribution >= 4 is 28.8 Å². The van der Waals surface area contributed by atoms with Gasteiger partial charge in [0.25, 0.3) is 0 Å². The molecule has 0 aromatic heterocycles. The number of aliphatic carboxylic acids is 2. The van der Waals surface area contributed by atoms with Crippen LogP contribution in [0, 0.1) is 5.92 Å². The Kier molecular flexibility index (Phi) is 5.49. The first-order chi connectivity index (χ1) is 11.0. The monoisotopic (exact) mass is 313 g/mol. The summed E-state index contributed by atoms with van der Waals surface area (Å²) < 4.78 is 0. The van der Waals surface area contributed by atoms with Crippen molar-refractivity contribution in [2.24, 2.45) is 11.7 Å².